The second-order valence-electron chi connectivity index (χ2n) is 11.1. The zero-order valence-corrected chi connectivity index (χ0v) is 23.8. The van der Waals surface area contributed by atoms with Crippen LogP contribution in [0.15, 0.2) is 47.5 Å². The molecule has 2 atom stereocenters. The largest absolute Gasteiger partial charge is 0.353 e. The molecule has 2 unspecified atom stereocenters. The van der Waals surface area contributed by atoms with Crippen molar-refractivity contribution in [2.45, 2.75) is 101 Å². The Balaban J connectivity index is 1.37. The number of guanidine groups is 1. The van der Waals surface area contributed by atoms with Gasteiger partial charge >= 0.3 is 0 Å². The number of rotatable bonds is 5. The molecule has 9 heteroatoms. The summed E-state index contributed by atoms with van der Waals surface area (Å²) in [5.41, 5.74) is 5.12. The smallest absolute Gasteiger partial charge is 0.280 e. The number of aliphatic imine (C=N–C) groups is 1. The van der Waals surface area contributed by atoms with E-state index in [1.807, 2.05) is 12.1 Å². The molecule has 1 saturated heterocycles. The van der Waals surface area contributed by atoms with Crippen molar-refractivity contribution in [3.8, 4) is 0 Å². The third kappa shape index (κ3) is 7.51. The molecule has 1 amide bonds. The molecule has 1 heterocycles. The normalized spacial score (nSPS) is 23.9. The lowest BCUT2D eigenvalue weighted by Crippen LogP contribution is -2.53. The molecule has 3 N–H and O–H groups in total. The van der Waals surface area contributed by atoms with Gasteiger partial charge in [0.15, 0.2) is 0 Å². The lowest BCUT2D eigenvalue weighted by molar-refractivity contribution is 0.0915. The van der Waals surface area contributed by atoms with Crippen LogP contribution in [0.3, 0.4) is 0 Å². The molecule has 2 aliphatic carbocycles. The third-order valence-corrected chi connectivity index (χ3v) is 8.77. The number of halogens is 3. The first-order valence-corrected chi connectivity index (χ1v) is 15.1. The van der Waals surface area contributed by atoms with E-state index in [-0.39, 0.29) is 28.8 Å². The number of nitrogens with one attached hydrogen (secondary N) is 3. The number of carbonyl (C=O) groups excluding carboxylic acids is 1. The fourth-order valence-electron chi connectivity index (χ4n) is 6.13. The van der Waals surface area contributed by atoms with E-state index < -0.39 is 11.7 Å². The molecule has 2 aromatic rings. The summed E-state index contributed by atoms with van der Waals surface area (Å²) in [4.78, 5) is 17.4. The molecule has 5 rings (SSSR count). The van der Waals surface area contributed by atoms with Gasteiger partial charge < -0.3 is 10.6 Å². The summed E-state index contributed by atoms with van der Waals surface area (Å²) in [6.07, 6.45) is 13.7. The Labute approximate surface area is 240 Å². The maximum atomic E-state index is 14.0. The van der Waals surface area contributed by atoms with E-state index >= 15 is 0 Å². The van der Waals surface area contributed by atoms with Gasteiger partial charge in [-0.1, -0.05) is 80.3 Å². The van der Waals surface area contributed by atoms with Crippen LogP contribution in [0.1, 0.15) is 99.0 Å². The van der Waals surface area contributed by atoms with Gasteiger partial charge in [-0.15, -0.1) is 0 Å². The lowest BCUT2D eigenvalue weighted by atomic mass is 9.94. The molecule has 3 fully saturated rings. The Morgan fingerprint density at radius 1 is 0.897 bits per heavy atom. The van der Waals surface area contributed by atoms with E-state index in [9.17, 15) is 9.18 Å². The van der Waals surface area contributed by atoms with Gasteiger partial charge in [-0.25, -0.2) is 14.8 Å². The maximum absolute atomic E-state index is 14.0. The van der Waals surface area contributed by atoms with Gasteiger partial charge in [-0.3, -0.25) is 4.79 Å². The quantitative estimate of drug-likeness (QED) is 0.262. The molecule has 6 nitrogen and oxygen atoms in total. The monoisotopic (exact) mass is 573 g/mol. The number of hydrogen-bond acceptors (Lipinski definition) is 3. The molecule has 1 aliphatic heterocycles. The van der Waals surface area contributed by atoms with Crippen LogP contribution in [-0.4, -0.2) is 35.1 Å². The molecular formula is C30H38Cl2FN5O. The number of hydrazine groups is 1. The lowest BCUT2D eigenvalue weighted by Gasteiger charge is -2.34. The standard InChI is InChI=1S/C30H38Cl2FN5O/c31-22-15-12-20(13-16-22)27-19-28(37-38(27)24-10-4-2-1-3-5-11-24)35-30(34-23-8-6-7-9-23)36-29(39)21-14-17-25(32)26(33)18-21/h12-18,23-24,27-28,37H,1-11,19H2,(H2,34,35,36,39). The van der Waals surface area contributed by atoms with Crippen molar-refractivity contribution < 1.29 is 9.18 Å². The highest BCUT2D eigenvalue weighted by molar-refractivity contribution is 6.31. The summed E-state index contributed by atoms with van der Waals surface area (Å²) in [6.45, 7) is 0. The van der Waals surface area contributed by atoms with Crippen molar-refractivity contribution in [3.63, 3.8) is 0 Å². The summed E-state index contributed by atoms with van der Waals surface area (Å²) >= 11 is 12.0. The summed E-state index contributed by atoms with van der Waals surface area (Å²) in [5, 5.41) is 10.1. The second kappa shape index (κ2) is 13.4. The predicted octanol–water partition coefficient (Wildman–Crippen LogP) is 7.14. The van der Waals surface area contributed by atoms with E-state index in [0.29, 0.717) is 12.0 Å². The van der Waals surface area contributed by atoms with Gasteiger partial charge in [-0.2, -0.15) is 4.99 Å². The first-order chi connectivity index (χ1) is 19.0. The third-order valence-electron chi connectivity index (χ3n) is 8.21. The van der Waals surface area contributed by atoms with E-state index in [1.165, 1.54) is 49.8 Å². The first kappa shape index (κ1) is 28.3. The van der Waals surface area contributed by atoms with Gasteiger partial charge in [0.25, 0.3) is 5.91 Å². The van der Waals surface area contributed by atoms with Gasteiger partial charge in [0.05, 0.1) is 17.2 Å². The molecule has 2 aromatic carbocycles. The van der Waals surface area contributed by atoms with Gasteiger partial charge in [0.2, 0.25) is 5.96 Å². The van der Waals surface area contributed by atoms with Crippen LogP contribution < -0.4 is 16.1 Å². The molecule has 2 saturated carbocycles. The van der Waals surface area contributed by atoms with Gasteiger partial charge in [0, 0.05) is 29.1 Å². The average molecular weight is 575 g/mol. The zero-order chi connectivity index (χ0) is 27.2. The minimum Gasteiger partial charge on any atom is -0.353 e. The van der Waals surface area contributed by atoms with Crippen molar-refractivity contribution in [1.29, 1.82) is 0 Å². The fraction of sp³-hybridized carbons (Fsp3) is 0.533. The van der Waals surface area contributed by atoms with Crippen LogP contribution in [0.25, 0.3) is 0 Å². The Morgan fingerprint density at radius 2 is 1.56 bits per heavy atom. The summed E-state index contributed by atoms with van der Waals surface area (Å²) in [6, 6.07) is 13.0. The summed E-state index contributed by atoms with van der Waals surface area (Å²) in [7, 11) is 0. The van der Waals surface area contributed by atoms with Crippen LogP contribution >= 0.6 is 23.2 Å². The average Bonchev–Trinajstić information content (AvgIpc) is 3.56. The van der Waals surface area contributed by atoms with Gasteiger partial charge in [0.1, 0.15) is 5.82 Å². The molecule has 210 valence electrons. The highest BCUT2D eigenvalue weighted by Crippen LogP contribution is 2.35. The molecule has 0 spiro atoms. The SMILES string of the molecule is O=C(/N=C(/NC1CCCC1)NC1CC(c2ccc(Cl)cc2)N(C2CCCCCCC2)N1)c1ccc(Cl)c(F)c1. The van der Waals surface area contributed by atoms with E-state index in [0.717, 1.165) is 56.0 Å². The van der Waals surface area contributed by atoms with Crippen LogP contribution in [0.4, 0.5) is 4.39 Å². The number of amides is 1. The minimum absolute atomic E-state index is 0.0179. The Morgan fingerprint density at radius 3 is 2.26 bits per heavy atom. The number of hydrogen-bond donors (Lipinski definition) is 3. The highest BCUT2D eigenvalue weighted by atomic mass is 35.5. The molecular weight excluding hydrogens is 536 g/mol. The van der Waals surface area contributed by atoms with Gasteiger partial charge in [-0.05, 0) is 61.6 Å². The van der Waals surface area contributed by atoms with Crippen molar-refractivity contribution in [1.82, 2.24) is 21.1 Å². The van der Waals surface area contributed by atoms with Crippen molar-refractivity contribution >= 4 is 35.1 Å². The van der Waals surface area contributed by atoms with Crippen molar-refractivity contribution in [2.24, 2.45) is 4.99 Å². The Kier molecular flexibility index (Phi) is 9.77. The molecule has 0 radical (unpaired) electrons. The molecule has 0 bridgehead atoms. The van der Waals surface area contributed by atoms with Crippen LogP contribution in [-0.2, 0) is 0 Å². The first-order valence-electron chi connectivity index (χ1n) is 14.4. The maximum Gasteiger partial charge on any atom is 0.280 e. The Bertz CT molecular complexity index is 1150. The minimum atomic E-state index is -0.630. The zero-order valence-electron chi connectivity index (χ0n) is 22.3. The van der Waals surface area contributed by atoms with Crippen LogP contribution in [0.2, 0.25) is 10.0 Å². The van der Waals surface area contributed by atoms with E-state index in [1.54, 1.807) is 0 Å². The van der Waals surface area contributed by atoms with Crippen LogP contribution in [0, 0.1) is 5.82 Å². The topological polar surface area (TPSA) is 68.8 Å². The molecule has 39 heavy (non-hydrogen) atoms. The van der Waals surface area contributed by atoms with Crippen LogP contribution in [0.5, 0.6) is 0 Å². The Hall–Kier alpha value is -2.19. The van der Waals surface area contributed by atoms with E-state index in [4.69, 9.17) is 23.2 Å². The summed E-state index contributed by atoms with van der Waals surface area (Å²) < 4.78 is 14.0. The number of nitrogens with zero attached hydrogens (tertiary/aromatic N) is 2. The molecule has 0 aromatic heterocycles. The number of benzene rings is 2. The fourth-order valence-corrected chi connectivity index (χ4v) is 6.38. The second-order valence-corrected chi connectivity index (χ2v) is 11.9. The summed E-state index contributed by atoms with van der Waals surface area (Å²) in [5.74, 6) is -0.717. The molecule has 3 aliphatic rings. The van der Waals surface area contributed by atoms with E-state index in [2.05, 4.69) is 38.2 Å². The van der Waals surface area contributed by atoms with Crippen molar-refractivity contribution in [2.75, 3.05) is 0 Å². The van der Waals surface area contributed by atoms with Crippen molar-refractivity contribution in [3.05, 3.63) is 69.5 Å². The predicted molar refractivity (Wildman–Crippen MR) is 155 cm³/mol. The highest BCUT2D eigenvalue weighted by Gasteiger charge is 2.37. The number of carbonyl (C=O) groups is 1.